The molecule has 3 N–H and O–H groups in total. The Balaban J connectivity index is 0.00000392. The van der Waals surface area contributed by atoms with Crippen molar-refractivity contribution in [3.05, 3.63) is 59.2 Å². The second-order valence-electron chi connectivity index (χ2n) is 6.73. The highest BCUT2D eigenvalue weighted by molar-refractivity contribution is 5.85. The molecule has 5 nitrogen and oxygen atoms in total. The van der Waals surface area contributed by atoms with Gasteiger partial charge >= 0.3 is 0 Å². The molecule has 2 aromatic rings. The summed E-state index contributed by atoms with van der Waals surface area (Å²) in [4.78, 5) is 12.5. The Morgan fingerprint density at radius 1 is 1.11 bits per heavy atom. The van der Waals surface area contributed by atoms with Gasteiger partial charge in [-0.15, -0.1) is 12.4 Å². The first-order valence-corrected chi connectivity index (χ1v) is 9.39. The third-order valence-electron chi connectivity index (χ3n) is 4.52. The van der Waals surface area contributed by atoms with Crippen LogP contribution in [0.25, 0.3) is 0 Å². The molecule has 0 saturated heterocycles. The quantitative estimate of drug-likeness (QED) is 0.602. The van der Waals surface area contributed by atoms with Gasteiger partial charge in [-0.3, -0.25) is 4.79 Å². The maximum absolute atomic E-state index is 12.5. The summed E-state index contributed by atoms with van der Waals surface area (Å²) < 4.78 is 11.2. The van der Waals surface area contributed by atoms with E-state index >= 15 is 0 Å². The van der Waals surface area contributed by atoms with Crippen molar-refractivity contribution >= 4 is 18.3 Å². The van der Waals surface area contributed by atoms with Gasteiger partial charge in [-0.05, 0) is 43.5 Å². The summed E-state index contributed by atoms with van der Waals surface area (Å²) in [5.74, 6) is 1.16. The summed E-state index contributed by atoms with van der Waals surface area (Å²) >= 11 is 0. The number of unbranched alkanes of at least 4 members (excludes halogenated alkanes) is 1. The first kappa shape index (κ1) is 23.8. The van der Waals surface area contributed by atoms with Crippen LogP contribution in [-0.2, 0) is 4.79 Å². The number of ether oxygens (including phenoxy) is 2. The number of hydrogen-bond donors (Lipinski definition) is 2. The Morgan fingerprint density at radius 3 is 2.36 bits per heavy atom. The molecule has 2 aromatic carbocycles. The molecule has 0 saturated carbocycles. The van der Waals surface area contributed by atoms with Gasteiger partial charge in [0.15, 0.2) is 11.5 Å². The Kier molecular flexibility index (Phi) is 9.83. The monoisotopic (exact) mass is 406 g/mol. The van der Waals surface area contributed by atoms with Crippen molar-refractivity contribution in [3.63, 3.8) is 0 Å². The first-order chi connectivity index (χ1) is 13.0. The summed E-state index contributed by atoms with van der Waals surface area (Å²) in [6, 6.07) is 12.5. The number of benzene rings is 2. The fourth-order valence-electron chi connectivity index (χ4n) is 2.71. The van der Waals surface area contributed by atoms with Crippen LogP contribution in [-0.4, -0.2) is 19.6 Å². The molecule has 0 bridgehead atoms. The van der Waals surface area contributed by atoms with Crippen molar-refractivity contribution < 1.29 is 14.3 Å². The zero-order valence-electron chi connectivity index (χ0n) is 17.0. The lowest BCUT2D eigenvalue weighted by atomic mass is 10.0. The molecular weight excluding hydrogens is 376 g/mol. The number of halogens is 1. The third kappa shape index (κ3) is 6.43. The van der Waals surface area contributed by atoms with Crippen LogP contribution in [0, 0.1) is 6.92 Å². The Hall–Kier alpha value is -2.24. The minimum absolute atomic E-state index is 0. The number of carbonyl (C=O) groups is 1. The van der Waals surface area contributed by atoms with Crippen LogP contribution in [0.4, 0.5) is 0 Å². The second-order valence-corrected chi connectivity index (χ2v) is 6.73. The predicted octanol–water partition coefficient (Wildman–Crippen LogP) is 4.48. The lowest BCUT2D eigenvalue weighted by Gasteiger charge is -2.19. The Labute approximate surface area is 174 Å². The van der Waals surface area contributed by atoms with Gasteiger partial charge in [0, 0.05) is 0 Å². The van der Waals surface area contributed by atoms with Crippen LogP contribution in [0.15, 0.2) is 42.5 Å². The number of aryl methyl sites for hydroxylation is 1. The third-order valence-corrected chi connectivity index (χ3v) is 4.52. The van der Waals surface area contributed by atoms with Gasteiger partial charge in [-0.1, -0.05) is 49.2 Å². The van der Waals surface area contributed by atoms with Crippen molar-refractivity contribution in [1.82, 2.24) is 5.32 Å². The molecule has 2 unspecified atom stereocenters. The van der Waals surface area contributed by atoms with Gasteiger partial charge < -0.3 is 20.5 Å². The van der Waals surface area contributed by atoms with E-state index in [-0.39, 0.29) is 24.4 Å². The van der Waals surface area contributed by atoms with Crippen molar-refractivity contribution in [2.75, 3.05) is 13.7 Å². The average Bonchev–Trinajstić information content (AvgIpc) is 2.68. The van der Waals surface area contributed by atoms with Gasteiger partial charge in [0.2, 0.25) is 5.91 Å². The summed E-state index contributed by atoms with van der Waals surface area (Å²) in [7, 11) is 1.61. The average molecular weight is 407 g/mol. The van der Waals surface area contributed by atoms with Gasteiger partial charge in [-0.25, -0.2) is 0 Å². The van der Waals surface area contributed by atoms with Crippen molar-refractivity contribution in [1.29, 1.82) is 0 Å². The highest BCUT2D eigenvalue weighted by atomic mass is 35.5. The summed E-state index contributed by atoms with van der Waals surface area (Å²) in [6.45, 7) is 6.70. The van der Waals surface area contributed by atoms with Crippen LogP contribution in [0.1, 0.15) is 55.5 Å². The number of methoxy groups -OCH3 is 1. The second kappa shape index (κ2) is 11.6. The van der Waals surface area contributed by atoms with Crippen LogP contribution in [0.3, 0.4) is 0 Å². The highest BCUT2D eigenvalue weighted by Crippen LogP contribution is 2.30. The van der Waals surface area contributed by atoms with E-state index in [0.717, 1.165) is 29.5 Å². The van der Waals surface area contributed by atoms with E-state index in [2.05, 4.69) is 12.2 Å². The minimum atomic E-state index is -0.702. The maximum Gasteiger partial charge on any atom is 0.241 e. The summed E-state index contributed by atoms with van der Waals surface area (Å²) in [5.41, 5.74) is 8.96. The molecule has 6 heteroatoms. The van der Waals surface area contributed by atoms with Crippen LogP contribution in [0.5, 0.6) is 11.5 Å². The lowest BCUT2D eigenvalue weighted by molar-refractivity contribution is -0.123. The molecule has 1 amide bonds. The molecule has 0 aliphatic heterocycles. The SMILES string of the molecule is CCCCOc1ccc(C(C)NC(=O)C(N)c2ccc(C)cc2)cc1OC.Cl. The molecule has 0 radical (unpaired) electrons. The topological polar surface area (TPSA) is 73.6 Å². The number of hydrogen-bond acceptors (Lipinski definition) is 4. The molecule has 0 fully saturated rings. The van der Waals surface area contributed by atoms with E-state index in [4.69, 9.17) is 15.2 Å². The molecule has 0 aliphatic rings. The van der Waals surface area contributed by atoms with E-state index < -0.39 is 6.04 Å². The summed E-state index contributed by atoms with van der Waals surface area (Å²) in [6.07, 6.45) is 2.07. The summed E-state index contributed by atoms with van der Waals surface area (Å²) in [5, 5.41) is 2.97. The van der Waals surface area contributed by atoms with Crippen molar-refractivity contribution in [2.24, 2.45) is 5.73 Å². The van der Waals surface area contributed by atoms with Gasteiger partial charge in [0.25, 0.3) is 0 Å². The van der Waals surface area contributed by atoms with Gasteiger partial charge in [-0.2, -0.15) is 0 Å². The van der Waals surface area contributed by atoms with E-state index in [9.17, 15) is 4.79 Å². The van der Waals surface area contributed by atoms with E-state index in [1.807, 2.05) is 56.3 Å². The van der Waals surface area contributed by atoms with Gasteiger partial charge in [0.1, 0.15) is 6.04 Å². The highest BCUT2D eigenvalue weighted by Gasteiger charge is 2.19. The molecule has 2 atom stereocenters. The van der Waals surface area contributed by atoms with E-state index in [0.29, 0.717) is 18.1 Å². The Bertz CT molecular complexity index is 750. The molecule has 0 aromatic heterocycles. The molecule has 28 heavy (non-hydrogen) atoms. The molecule has 154 valence electrons. The number of amides is 1. The molecule has 0 aliphatic carbocycles. The van der Waals surface area contributed by atoms with E-state index in [1.54, 1.807) is 7.11 Å². The molecule has 2 rings (SSSR count). The van der Waals surface area contributed by atoms with Crippen molar-refractivity contribution in [3.8, 4) is 11.5 Å². The zero-order valence-corrected chi connectivity index (χ0v) is 17.8. The first-order valence-electron chi connectivity index (χ1n) is 9.39. The number of nitrogens with two attached hydrogens (primary N) is 1. The smallest absolute Gasteiger partial charge is 0.241 e. The van der Waals surface area contributed by atoms with Crippen molar-refractivity contribution in [2.45, 2.75) is 45.7 Å². The number of carbonyl (C=O) groups excluding carboxylic acids is 1. The largest absolute Gasteiger partial charge is 0.493 e. The standard InChI is InChI=1S/C22H30N2O3.ClH/c1-5-6-13-27-19-12-11-18(14-20(19)26-4)16(3)24-22(25)21(23)17-9-7-15(2)8-10-17;/h7-12,14,16,21H,5-6,13,23H2,1-4H3,(H,24,25);1H. The molecule has 0 spiro atoms. The molecular formula is C22H31ClN2O3. The lowest BCUT2D eigenvalue weighted by Crippen LogP contribution is -2.35. The van der Waals surface area contributed by atoms with E-state index in [1.165, 1.54) is 0 Å². The normalized spacial score (nSPS) is 12.5. The Morgan fingerprint density at radius 2 is 1.75 bits per heavy atom. The number of rotatable bonds is 9. The maximum atomic E-state index is 12.5. The van der Waals surface area contributed by atoms with Crippen LogP contribution in [0.2, 0.25) is 0 Å². The van der Waals surface area contributed by atoms with Gasteiger partial charge in [0.05, 0.1) is 19.8 Å². The van der Waals surface area contributed by atoms with Crippen LogP contribution >= 0.6 is 12.4 Å². The minimum Gasteiger partial charge on any atom is -0.493 e. The van der Waals surface area contributed by atoms with Crippen LogP contribution < -0.4 is 20.5 Å². The fraction of sp³-hybridized carbons (Fsp3) is 0.409. The fourth-order valence-corrected chi connectivity index (χ4v) is 2.71. The number of nitrogens with one attached hydrogen (secondary N) is 1. The predicted molar refractivity (Wildman–Crippen MR) is 115 cm³/mol. The molecule has 0 heterocycles. The zero-order chi connectivity index (χ0) is 19.8.